The Bertz CT molecular complexity index is 1140. The van der Waals surface area contributed by atoms with Crippen molar-refractivity contribution in [3.8, 4) is 11.6 Å². The van der Waals surface area contributed by atoms with Gasteiger partial charge in [0, 0.05) is 5.69 Å². The molecule has 30 heavy (non-hydrogen) atoms. The minimum atomic E-state index is -0.567. The molecule has 0 radical (unpaired) electrons. The minimum absolute atomic E-state index is 0.168. The standard InChI is InChI=1S/C22H21N5O2S/c1-14-11-15(2)13-17(12-14)24-21(28)19(16-7-4-3-5-8-16)30-22-26-25-20(27(22)23)18-9-6-10-29-18/h3-13,19H,23H2,1-2H3,(H,24,28). The lowest BCUT2D eigenvalue weighted by molar-refractivity contribution is -0.115. The van der Waals surface area contributed by atoms with Gasteiger partial charge in [0.15, 0.2) is 5.76 Å². The number of aromatic nitrogens is 3. The highest BCUT2D eigenvalue weighted by molar-refractivity contribution is 8.00. The molecule has 1 amide bonds. The number of benzene rings is 2. The van der Waals surface area contributed by atoms with Gasteiger partial charge in [0.2, 0.25) is 16.9 Å². The van der Waals surface area contributed by atoms with Gasteiger partial charge in [-0.05, 0) is 54.8 Å². The van der Waals surface area contributed by atoms with Crippen LogP contribution in [0.3, 0.4) is 0 Å². The highest BCUT2D eigenvalue weighted by Gasteiger charge is 2.26. The second-order valence-electron chi connectivity index (χ2n) is 6.93. The van der Waals surface area contributed by atoms with E-state index in [1.54, 1.807) is 18.4 Å². The highest BCUT2D eigenvalue weighted by atomic mass is 32.2. The summed E-state index contributed by atoms with van der Waals surface area (Å²) in [7, 11) is 0. The quantitative estimate of drug-likeness (QED) is 0.356. The molecule has 0 aliphatic rings. The van der Waals surface area contributed by atoms with Gasteiger partial charge in [-0.2, -0.15) is 0 Å². The van der Waals surface area contributed by atoms with Gasteiger partial charge >= 0.3 is 0 Å². The van der Waals surface area contributed by atoms with Crippen LogP contribution >= 0.6 is 11.8 Å². The number of nitrogens with one attached hydrogen (secondary N) is 1. The first kappa shape index (κ1) is 19.8. The smallest absolute Gasteiger partial charge is 0.242 e. The van der Waals surface area contributed by atoms with Crippen LogP contribution < -0.4 is 11.2 Å². The van der Waals surface area contributed by atoms with E-state index >= 15 is 0 Å². The average molecular weight is 420 g/mol. The Morgan fingerprint density at radius 2 is 1.80 bits per heavy atom. The maximum absolute atomic E-state index is 13.2. The lowest BCUT2D eigenvalue weighted by Crippen LogP contribution is -2.20. The summed E-state index contributed by atoms with van der Waals surface area (Å²) in [6.07, 6.45) is 1.54. The molecule has 0 spiro atoms. The van der Waals surface area contributed by atoms with E-state index in [2.05, 4.69) is 21.6 Å². The van der Waals surface area contributed by atoms with Crippen LogP contribution in [0.25, 0.3) is 11.6 Å². The second kappa shape index (κ2) is 8.46. The number of nitrogen functional groups attached to an aromatic ring is 1. The van der Waals surface area contributed by atoms with Crippen LogP contribution in [-0.2, 0) is 4.79 Å². The first-order valence-corrected chi connectivity index (χ1v) is 10.2. The predicted octanol–water partition coefficient (Wildman–Crippen LogP) is 4.34. The van der Waals surface area contributed by atoms with Crippen LogP contribution in [0, 0.1) is 13.8 Å². The molecule has 0 bridgehead atoms. The summed E-state index contributed by atoms with van der Waals surface area (Å²) >= 11 is 1.23. The van der Waals surface area contributed by atoms with E-state index in [1.807, 2.05) is 56.3 Å². The summed E-state index contributed by atoms with van der Waals surface area (Å²) in [5.41, 5.74) is 3.76. The molecule has 0 fully saturated rings. The summed E-state index contributed by atoms with van der Waals surface area (Å²) in [5.74, 6) is 6.92. The molecule has 4 rings (SSSR count). The molecule has 0 saturated carbocycles. The fourth-order valence-electron chi connectivity index (χ4n) is 3.19. The molecule has 1 atom stereocenters. The summed E-state index contributed by atoms with van der Waals surface area (Å²) in [6, 6.07) is 19.0. The van der Waals surface area contributed by atoms with Crippen molar-refractivity contribution in [1.29, 1.82) is 0 Å². The fraction of sp³-hybridized carbons (Fsp3) is 0.136. The van der Waals surface area contributed by atoms with Gasteiger partial charge in [-0.15, -0.1) is 10.2 Å². The van der Waals surface area contributed by atoms with Gasteiger partial charge in [0.1, 0.15) is 5.25 Å². The van der Waals surface area contributed by atoms with Crippen LogP contribution in [0.4, 0.5) is 5.69 Å². The van der Waals surface area contributed by atoms with Crippen molar-refractivity contribution < 1.29 is 9.21 Å². The van der Waals surface area contributed by atoms with Crippen molar-refractivity contribution in [2.24, 2.45) is 0 Å². The van der Waals surface area contributed by atoms with Gasteiger partial charge in [-0.25, -0.2) is 4.68 Å². The molecule has 1 unspecified atom stereocenters. The average Bonchev–Trinajstić information content (AvgIpc) is 3.36. The SMILES string of the molecule is Cc1cc(C)cc(NC(=O)C(Sc2nnc(-c3ccco3)n2N)c2ccccc2)c1. The highest BCUT2D eigenvalue weighted by Crippen LogP contribution is 2.36. The van der Waals surface area contributed by atoms with E-state index in [9.17, 15) is 4.79 Å². The Balaban J connectivity index is 1.63. The number of hydrogen-bond donors (Lipinski definition) is 2. The Morgan fingerprint density at radius 1 is 1.07 bits per heavy atom. The number of aryl methyl sites for hydroxylation is 2. The number of anilines is 1. The van der Waals surface area contributed by atoms with E-state index in [0.29, 0.717) is 16.7 Å². The summed E-state index contributed by atoms with van der Waals surface area (Å²) < 4.78 is 6.70. The zero-order chi connectivity index (χ0) is 21.1. The molecular formula is C22H21N5O2S. The van der Waals surface area contributed by atoms with E-state index < -0.39 is 5.25 Å². The summed E-state index contributed by atoms with van der Waals surface area (Å²) in [4.78, 5) is 13.2. The predicted molar refractivity (Wildman–Crippen MR) is 117 cm³/mol. The Labute approximate surface area is 178 Å². The first-order chi connectivity index (χ1) is 14.5. The first-order valence-electron chi connectivity index (χ1n) is 9.36. The molecule has 2 aromatic carbocycles. The van der Waals surface area contributed by atoms with Crippen molar-refractivity contribution >= 4 is 23.4 Å². The number of thioether (sulfide) groups is 1. The van der Waals surface area contributed by atoms with Gasteiger partial charge in [0.25, 0.3) is 0 Å². The number of carbonyl (C=O) groups excluding carboxylic acids is 1. The molecule has 0 saturated heterocycles. The molecule has 8 heteroatoms. The van der Waals surface area contributed by atoms with Crippen LogP contribution in [0.1, 0.15) is 21.9 Å². The Kier molecular flexibility index (Phi) is 5.58. The van der Waals surface area contributed by atoms with Crippen molar-refractivity contribution in [1.82, 2.24) is 14.9 Å². The van der Waals surface area contributed by atoms with Crippen LogP contribution in [-0.4, -0.2) is 20.8 Å². The number of nitrogens with zero attached hydrogens (tertiary/aromatic N) is 3. The van der Waals surface area contributed by atoms with E-state index in [-0.39, 0.29) is 5.91 Å². The van der Waals surface area contributed by atoms with Crippen LogP contribution in [0.2, 0.25) is 0 Å². The number of amides is 1. The van der Waals surface area contributed by atoms with Crippen LogP contribution in [0.5, 0.6) is 0 Å². The maximum Gasteiger partial charge on any atom is 0.242 e. The molecule has 2 aromatic heterocycles. The topological polar surface area (TPSA) is 99.0 Å². The molecule has 7 nitrogen and oxygen atoms in total. The number of furan rings is 1. The molecule has 152 valence electrons. The molecule has 0 aliphatic carbocycles. The third kappa shape index (κ3) is 4.23. The van der Waals surface area contributed by atoms with Crippen molar-refractivity contribution in [3.05, 3.63) is 83.6 Å². The Morgan fingerprint density at radius 3 is 2.47 bits per heavy atom. The van der Waals surface area contributed by atoms with E-state index in [1.165, 1.54) is 16.4 Å². The second-order valence-corrected chi connectivity index (χ2v) is 8.00. The van der Waals surface area contributed by atoms with Gasteiger partial charge in [0.05, 0.1) is 6.26 Å². The van der Waals surface area contributed by atoms with E-state index in [0.717, 1.165) is 22.4 Å². The molecule has 3 N–H and O–H groups in total. The van der Waals surface area contributed by atoms with E-state index in [4.69, 9.17) is 10.3 Å². The fourth-order valence-corrected chi connectivity index (χ4v) is 4.15. The number of hydrogen-bond acceptors (Lipinski definition) is 6. The molecular weight excluding hydrogens is 398 g/mol. The van der Waals surface area contributed by atoms with Crippen molar-refractivity contribution in [2.75, 3.05) is 11.2 Å². The monoisotopic (exact) mass is 419 g/mol. The molecule has 2 heterocycles. The van der Waals surface area contributed by atoms with Crippen molar-refractivity contribution in [2.45, 2.75) is 24.3 Å². The lowest BCUT2D eigenvalue weighted by Gasteiger charge is -2.17. The number of rotatable bonds is 6. The third-order valence-corrected chi connectivity index (χ3v) is 5.67. The zero-order valence-electron chi connectivity index (χ0n) is 16.6. The third-order valence-electron chi connectivity index (χ3n) is 4.46. The zero-order valence-corrected chi connectivity index (χ0v) is 17.4. The number of nitrogens with two attached hydrogens (primary N) is 1. The van der Waals surface area contributed by atoms with Gasteiger partial charge in [-0.3, -0.25) is 4.79 Å². The van der Waals surface area contributed by atoms with Gasteiger partial charge < -0.3 is 15.6 Å². The summed E-state index contributed by atoms with van der Waals surface area (Å²) in [5, 5.41) is 11.1. The summed E-state index contributed by atoms with van der Waals surface area (Å²) in [6.45, 7) is 4.00. The van der Waals surface area contributed by atoms with Crippen LogP contribution in [0.15, 0.2) is 76.5 Å². The lowest BCUT2D eigenvalue weighted by atomic mass is 10.1. The maximum atomic E-state index is 13.2. The Hall–Kier alpha value is -3.52. The largest absolute Gasteiger partial charge is 0.461 e. The van der Waals surface area contributed by atoms with Gasteiger partial charge in [-0.1, -0.05) is 48.2 Å². The van der Waals surface area contributed by atoms with Crippen molar-refractivity contribution in [3.63, 3.8) is 0 Å². The normalized spacial score (nSPS) is 11.9. The molecule has 4 aromatic rings. The molecule has 0 aliphatic heterocycles. The minimum Gasteiger partial charge on any atom is -0.461 e. The number of carbonyl (C=O) groups is 1.